The SMILES string of the molecule is NC1(C2CC2)CN(c2ccncc2Br)C1. The minimum Gasteiger partial charge on any atom is -0.367 e. The van der Waals surface area contributed by atoms with E-state index in [4.69, 9.17) is 5.73 Å². The lowest BCUT2D eigenvalue weighted by Gasteiger charge is -2.49. The number of anilines is 1. The lowest BCUT2D eigenvalue weighted by molar-refractivity contribution is 0.290. The van der Waals surface area contributed by atoms with E-state index in [0.717, 1.165) is 23.5 Å². The van der Waals surface area contributed by atoms with Gasteiger partial charge in [-0.15, -0.1) is 0 Å². The van der Waals surface area contributed by atoms with Crippen LogP contribution in [0.5, 0.6) is 0 Å². The maximum Gasteiger partial charge on any atom is 0.0592 e. The predicted octanol–water partition coefficient (Wildman–Crippen LogP) is 1.77. The van der Waals surface area contributed by atoms with E-state index in [2.05, 4.69) is 25.8 Å². The lowest BCUT2D eigenvalue weighted by Crippen LogP contribution is -2.69. The van der Waals surface area contributed by atoms with Crippen LogP contribution in [0.1, 0.15) is 12.8 Å². The summed E-state index contributed by atoms with van der Waals surface area (Å²) >= 11 is 3.52. The summed E-state index contributed by atoms with van der Waals surface area (Å²) in [7, 11) is 0. The van der Waals surface area contributed by atoms with Crippen molar-refractivity contribution in [2.45, 2.75) is 18.4 Å². The first kappa shape index (κ1) is 9.60. The zero-order valence-corrected chi connectivity index (χ0v) is 10.1. The maximum atomic E-state index is 6.31. The Morgan fingerprint density at radius 3 is 2.80 bits per heavy atom. The first-order valence-electron chi connectivity index (χ1n) is 5.32. The molecule has 0 unspecified atom stereocenters. The monoisotopic (exact) mass is 267 g/mol. The van der Waals surface area contributed by atoms with Gasteiger partial charge in [-0.05, 0) is 40.8 Å². The molecule has 0 amide bonds. The second-order valence-corrected chi connectivity index (χ2v) is 5.54. The van der Waals surface area contributed by atoms with E-state index in [1.807, 2.05) is 18.5 Å². The van der Waals surface area contributed by atoms with Crippen molar-refractivity contribution in [1.82, 2.24) is 4.98 Å². The Morgan fingerprint density at radius 1 is 1.47 bits per heavy atom. The van der Waals surface area contributed by atoms with Gasteiger partial charge < -0.3 is 10.6 Å². The van der Waals surface area contributed by atoms with Crippen LogP contribution in [-0.2, 0) is 0 Å². The van der Waals surface area contributed by atoms with Crippen LogP contribution >= 0.6 is 15.9 Å². The number of hydrogen-bond donors (Lipinski definition) is 1. The molecule has 0 bridgehead atoms. The molecule has 15 heavy (non-hydrogen) atoms. The highest BCUT2D eigenvalue weighted by molar-refractivity contribution is 9.10. The third-order valence-electron chi connectivity index (χ3n) is 3.45. The summed E-state index contributed by atoms with van der Waals surface area (Å²) in [5, 5.41) is 0. The molecule has 3 rings (SSSR count). The van der Waals surface area contributed by atoms with Crippen molar-refractivity contribution in [3.05, 3.63) is 22.9 Å². The van der Waals surface area contributed by atoms with Crippen LogP contribution in [0.3, 0.4) is 0 Å². The number of aromatic nitrogens is 1. The number of nitrogens with two attached hydrogens (primary N) is 1. The normalized spacial score (nSPS) is 23.7. The first-order chi connectivity index (χ1) is 7.19. The maximum absolute atomic E-state index is 6.31. The summed E-state index contributed by atoms with van der Waals surface area (Å²) < 4.78 is 1.06. The fourth-order valence-electron chi connectivity index (χ4n) is 2.38. The van der Waals surface area contributed by atoms with E-state index in [9.17, 15) is 0 Å². The standard InChI is InChI=1S/C11H14BrN3/c12-9-5-14-4-3-10(9)15-6-11(13,7-15)8-1-2-8/h3-5,8H,1-2,6-7,13H2. The molecule has 0 spiro atoms. The van der Waals surface area contributed by atoms with E-state index in [1.54, 1.807) is 0 Å². The van der Waals surface area contributed by atoms with Gasteiger partial charge in [0.2, 0.25) is 0 Å². The Balaban J connectivity index is 1.74. The number of pyridine rings is 1. The summed E-state index contributed by atoms with van der Waals surface area (Å²) in [6.07, 6.45) is 6.31. The molecule has 2 aliphatic rings. The molecule has 2 fully saturated rings. The molecule has 0 radical (unpaired) electrons. The summed E-state index contributed by atoms with van der Waals surface area (Å²) in [6.45, 7) is 1.97. The molecule has 1 aliphatic heterocycles. The van der Waals surface area contributed by atoms with Gasteiger partial charge in [-0.2, -0.15) is 0 Å². The van der Waals surface area contributed by atoms with Crippen molar-refractivity contribution >= 4 is 21.6 Å². The number of rotatable bonds is 2. The van der Waals surface area contributed by atoms with Crippen LogP contribution in [0.4, 0.5) is 5.69 Å². The van der Waals surface area contributed by atoms with E-state index in [1.165, 1.54) is 18.5 Å². The molecule has 80 valence electrons. The van der Waals surface area contributed by atoms with Gasteiger partial charge in [0.05, 0.1) is 15.7 Å². The van der Waals surface area contributed by atoms with Crippen LogP contribution in [0.25, 0.3) is 0 Å². The summed E-state index contributed by atoms with van der Waals surface area (Å²) in [4.78, 5) is 6.39. The molecule has 4 heteroatoms. The van der Waals surface area contributed by atoms with Crippen LogP contribution in [0, 0.1) is 5.92 Å². The lowest BCUT2D eigenvalue weighted by atomic mass is 9.85. The molecule has 0 atom stereocenters. The van der Waals surface area contributed by atoms with Crippen molar-refractivity contribution in [2.24, 2.45) is 11.7 Å². The Kier molecular flexibility index (Phi) is 2.04. The van der Waals surface area contributed by atoms with Crippen LogP contribution < -0.4 is 10.6 Å². The van der Waals surface area contributed by atoms with Crippen molar-refractivity contribution in [3.8, 4) is 0 Å². The predicted molar refractivity (Wildman–Crippen MR) is 63.8 cm³/mol. The zero-order valence-electron chi connectivity index (χ0n) is 8.49. The van der Waals surface area contributed by atoms with Crippen LogP contribution in [0.15, 0.2) is 22.9 Å². The minimum atomic E-state index is 0.0860. The second-order valence-electron chi connectivity index (χ2n) is 4.69. The van der Waals surface area contributed by atoms with Crippen molar-refractivity contribution in [3.63, 3.8) is 0 Å². The van der Waals surface area contributed by atoms with E-state index in [-0.39, 0.29) is 5.54 Å². The summed E-state index contributed by atoms with van der Waals surface area (Å²) in [5.74, 6) is 0.773. The molecule has 2 N–H and O–H groups in total. The molecule has 1 aromatic rings. The Bertz CT molecular complexity index is 383. The number of nitrogens with zero attached hydrogens (tertiary/aromatic N) is 2. The molecule has 0 aromatic carbocycles. The van der Waals surface area contributed by atoms with Gasteiger partial charge in [0, 0.05) is 25.5 Å². The van der Waals surface area contributed by atoms with Gasteiger partial charge in [0.1, 0.15) is 0 Å². The number of halogens is 1. The highest BCUT2D eigenvalue weighted by atomic mass is 79.9. The largest absolute Gasteiger partial charge is 0.367 e. The van der Waals surface area contributed by atoms with E-state index < -0.39 is 0 Å². The van der Waals surface area contributed by atoms with Crippen molar-refractivity contribution < 1.29 is 0 Å². The van der Waals surface area contributed by atoms with Gasteiger partial charge >= 0.3 is 0 Å². The molecule has 1 aliphatic carbocycles. The molecule has 2 heterocycles. The third-order valence-corrected chi connectivity index (χ3v) is 4.06. The van der Waals surface area contributed by atoms with E-state index in [0.29, 0.717) is 0 Å². The Morgan fingerprint density at radius 2 is 2.20 bits per heavy atom. The molecule has 1 aromatic heterocycles. The van der Waals surface area contributed by atoms with E-state index >= 15 is 0 Å². The Hall–Kier alpha value is -0.610. The number of hydrogen-bond acceptors (Lipinski definition) is 3. The average Bonchev–Trinajstić information content (AvgIpc) is 2.97. The molecular weight excluding hydrogens is 254 g/mol. The summed E-state index contributed by atoms with van der Waals surface area (Å²) in [6, 6.07) is 2.04. The van der Waals surface area contributed by atoms with Gasteiger partial charge in [-0.3, -0.25) is 4.98 Å². The fraction of sp³-hybridized carbons (Fsp3) is 0.545. The van der Waals surface area contributed by atoms with Crippen LogP contribution in [-0.4, -0.2) is 23.6 Å². The first-order valence-corrected chi connectivity index (χ1v) is 6.12. The third kappa shape index (κ3) is 1.56. The topological polar surface area (TPSA) is 42.1 Å². The van der Waals surface area contributed by atoms with Crippen molar-refractivity contribution in [2.75, 3.05) is 18.0 Å². The highest BCUT2D eigenvalue weighted by Gasteiger charge is 2.50. The minimum absolute atomic E-state index is 0.0860. The fourth-order valence-corrected chi connectivity index (χ4v) is 2.88. The smallest absolute Gasteiger partial charge is 0.0592 e. The zero-order chi connectivity index (χ0) is 10.5. The average molecular weight is 268 g/mol. The Labute approximate surface area is 97.8 Å². The van der Waals surface area contributed by atoms with Crippen molar-refractivity contribution in [1.29, 1.82) is 0 Å². The molecule has 3 nitrogen and oxygen atoms in total. The van der Waals surface area contributed by atoms with Crippen LogP contribution in [0.2, 0.25) is 0 Å². The van der Waals surface area contributed by atoms with Gasteiger partial charge in [0.25, 0.3) is 0 Å². The molecular formula is C11H14BrN3. The quantitative estimate of drug-likeness (QED) is 0.888. The molecule has 1 saturated carbocycles. The van der Waals surface area contributed by atoms with Gasteiger partial charge in [-0.1, -0.05) is 0 Å². The molecule has 1 saturated heterocycles. The summed E-state index contributed by atoms with van der Waals surface area (Å²) in [5.41, 5.74) is 7.61. The van der Waals surface area contributed by atoms with Gasteiger partial charge in [0.15, 0.2) is 0 Å². The second kappa shape index (κ2) is 3.19. The van der Waals surface area contributed by atoms with Gasteiger partial charge in [-0.25, -0.2) is 0 Å². The highest BCUT2D eigenvalue weighted by Crippen LogP contribution is 2.44.